The third-order valence-electron chi connectivity index (χ3n) is 3.62. The molecule has 0 aliphatic carbocycles. The molecule has 1 aromatic carbocycles. The number of ether oxygens (including phenoxy) is 1. The van der Waals surface area contributed by atoms with E-state index in [1.807, 2.05) is 37.3 Å². The molecule has 0 spiro atoms. The van der Waals surface area contributed by atoms with Gasteiger partial charge in [-0.3, -0.25) is 4.79 Å². The second-order valence-corrected chi connectivity index (χ2v) is 5.18. The molecule has 20 heavy (non-hydrogen) atoms. The van der Waals surface area contributed by atoms with Crippen LogP contribution in [0.5, 0.6) is 0 Å². The molecule has 0 radical (unpaired) electrons. The first-order valence-corrected chi connectivity index (χ1v) is 6.92. The van der Waals surface area contributed by atoms with E-state index in [0.29, 0.717) is 31.8 Å². The molecule has 5 heteroatoms. The van der Waals surface area contributed by atoms with E-state index in [9.17, 15) is 4.79 Å². The van der Waals surface area contributed by atoms with Gasteiger partial charge in [0.15, 0.2) is 6.10 Å². The zero-order chi connectivity index (χ0) is 13.9. The lowest BCUT2D eigenvalue weighted by molar-refractivity contribution is -0.131. The number of hydrogen-bond donors (Lipinski definition) is 0. The highest BCUT2D eigenvalue weighted by molar-refractivity contribution is 6.39. The highest BCUT2D eigenvalue weighted by atomic mass is 16.6. The Hall–Kier alpha value is -1.88. The number of oxime groups is 1. The van der Waals surface area contributed by atoms with Crippen LogP contribution in [0.15, 0.2) is 35.5 Å². The molecule has 106 valence electrons. The summed E-state index contributed by atoms with van der Waals surface area (Å²) in [5.74, 6) is -0.0291. The van der Waals surface area contributed by atoms with E-state index in [2.05, 4.69) is 5.16 Å². The Balaban J connectivity index is 1.63. The molecule has 2 aliphatic heterocycles. The summed E-state index contributed by atoms with van der Waals surface area (Å²) in [6.45, 7) is 3.80. The molecule has 2 heterocycles. The molecule has 1 fully saturated rings. The predicted molar refractivity (Wildman–Crippen MR) is 74.3 cm³/mol. The molecule has 0 aromatic heterocycles. The maximum Gasteiger partial charge on any atom is 0.271 e. The fraction of sp³-hybridized carbons (Fsp3) is 0.467. The van der Waals surface area contributed by atoms with Gasteiger partial charge in [-0.2, -0.15) is 0 Å². The Labute approximate surface area is 118 Å². The molecular formula is C15H18N2O3. The highest BCUT2D eigenvalue weighted by Gasteiger charge is 2.31. The lowest BCUT2D eigenvalue weighted by Crippen LogP contribution is -2.47. The van der Waals surface area contributed by atoms with Crippen molar-refractivity contribution < 1.29 is 14.4 Å². The first-order chi connectivity index (χ1) is 9.74. The van der Waals surface area contributed by atoms with Crippen LogP contribution in [-0.2, 0) is 14.4 Å². The summed E-state index contributed by atoms with van der Waals surface area (Å²) in [6, 6.07) is 9.86. The monoisotopic (exact) mass is 274 g/mol. The second-order valence-electron chi connectivity index (χ2n) is 5.18. The van der Waals surface area contributed by atoms with Gasteiger partial charge in [0.1, 0.15) is 5.71 Å². The molecule has 1 saturated heterocycles. The largest absolute Gasteiger partial charge is 0.387 e. The molecule has 0 saturated carbocycles. The van der Waals surface area contributed by atoms with E-state index in [1.54, 1.807) is 4.90 Å². The average molecular weight is 274 g/mol. The summed E-state index contributed by atoms with van der Waals surface area (Å²) >= 11 is 0. The molecule has 5 nitrogen and oxygen atoms in total. The predicted octanol–water partition coefficient (Wildman–Crippen LogP) is 1.75. The third-order valence-corrected chi connectivity index (χ3v) is 3.62. The van der Waals surface area contributed by atoms with Crippen LogP contribution in [0.1, 0.15) is 25.0 Å². The lowest BCUT2D eigenvalue weighted by Gasteiger charge is -2.30. The molecule has 3 rings (SSSR count). The van der Waals surface area contributed by atoms with Gasteiger partial charge in [0.25, 0.3) is 5.91 Å². The van der Waals surface area contributed by atoms with Crippen LogP contribution in [0.2, 0.25) is 0 Å². The van der Waals surface area contributed by atoms with Crippen molar-refractivity contribution >= 4 is 11.6 Å². The van der Waals surface area contributed by atoms with Crippen molar-refractivity contribution in [2.45, 2.75) is 25.6 Å². The Kier molecular flexibility index (Phi) is 3.69. The third kappa shape index (κ3) is 2.67. The molecule has 0 N–H and O–H groups in total. The number of carbonyl (C=O) groups is 1. The Morgan fingerprint density at radius 1 is 1.35 bits per heavy atom. The fourth-order valence-corrected chi connectivity index (χ4v) is 2.54. The second kappa shape index (κ2) is 5.63. The number of amides is 1. The smallest absolute Gasteiger partial charge is 0.271 e. The van der Waals surface area contributed by atoms with Gasteiger partial charge >= 0.3 is 0 Å². The van der Waals surface area contributed by atoms with Gasteiger partial charge in [-0.25, -0.2) is 0 Å². The summed E-state index contributed by atoms with van der Waals surface area (Å²) in [7, 11) is 0. The molecule has 2 atom stereocenters. The van der Waals surface area contributed by atoms with Crippen LogP contribution in [0, 0.1) is 0 Å². The highest BCUT2D eigenvalue weighted by Crippen LogP contribution is 2.27. The maximum absolute atomic E-state index is 12.4. The lowest BCUT2D eigenvalue weighted by atomic mass is 10.0. The van der Waals surface area contributed by atoms with Gasteiger partial charge in [0, 0.05) is 19.5 Å². The van der Waals surface area contributed by atoms with E-state index in [-0.39, 0.29) is 18.1 Å². The van der Waals surface area contributed by atoms with Gasteiger partial charge in [0.2, 0.25) is 0 Å². The minimum absolute atomic E-state index is 0.0291. The summed E-state index contributed by atoms with van der Waals surface area (Å²) in [5, 5.41) is 3.98. The Bertz CT molecular complexity index is 515. The topological polar surface area (TPSA) is 51.1 Å². The van der Waals surface area contributed by atoms with Gasteiger partial charge in [-0.1, -0.05) is 35.5 Å². The first-order valence-electron chi connectivity index (χ1n) is 6.92. The summed E-state index contributed by atoms with van der Waals surface area (Å²) in [4.78, 5) is 19.6. The van der Waals surface area contributed by atoms with Gasteiger partial charge in [0.05, 0.1) is 12.7 Å². The van der Waals surface area contributed by atoms with Gasteiger partial charge in [-0.15, -0.1) is 0 Å². The van der Waals surface area contributed by atoms with E-state index in [0.717, 1.165) is 5.56 Å². The van der Waals surface area contributed by atoms with Crippen LogP contribution in [-0.4, -0.2) is 42.3 Å². The SMILES string of the molecule is C[C@@H]1CN(C(=O)C2=NO[C@H](c3ccccc3)C2)CCO1. The van der Waals surface area contributed by atoms with Crippen molar-refractivity contribution in [3.8, 4) is 0 Å². The fourth-order valence-electron chi connectivity index (χ4n) is 2.54. The molecule has 0 bridgehead atoms. The van der Waals surface area contributed by atoms with E-state index >= 15 is 0 Å². The van der Waals surface area contributed by atoms with Crippen LogP contribution in [0.3, 0.4) is 0 Å². The molecule has 0 unspecified atom stereocenters. The molecule has 1 amide bonds. The average Bonchev–Trinajstić information content (AvgIpc) is 2.97. The van der Waals surface area contributed by atoms with E-state index in [4.69, 9.17) is 9.57 Å². The Morgan fingerprint density at radius 3 is 2.90 bits per heavy atom. The maximum atomic E-state index is 12.4. The van der Waals surface area contributed by atoms with Crippen LogP contribution < -0.4 is 0 Å². The van der Waals surface area contributed by atoms with Gasteiger partial charge < -0.3 is 14.5 Å². The summed E-state index contributed by atoms with van der Waals surface area (Å²) in [6.07, 6.45) is 0.475. The molecule has 1 aromatic rings. The number of carbonyl (C=O) groups excluding carboxylic acids is 1. The van der Waals surface area contributed by atoms with Crippen molar-refractivity contribution in [2.75, 3.05) is 19.7 Å². The Morgan fingerprint density at radius 2 is 2.15 bits per heavy atom. The summed E-state index contributed by atoms with van der Waals surface area (Å²) in [5.41, 5.74) is 1.56. The molecule has 2 aliphatic rings. The van der Waals surface area contributed by atoms with Crippen molar-refractivity contribution in [3.05, 3.63) is 35.9 Å². The normalized spacial score (nSPS) is 26.1. The summed E-state index contributed by atoms with van der Waals surface area (Å²) < 4.78 is 5.45. The minimum atomic E-state index is -0.145. The standard InChI is InChI=1S/C15H18N2O3/c1-11-10-17(7-8-19-11)15(18)13-9-14(20-16-13)12-5-3-2-4-6-12/h2-6,11,14H,7-10H2,1H3/t11-,14+/m1/s1. The van der Waals surface area contributed by atoms with Crippen molar-refractivity contribution in [3.63, 3.8) is 0 Å². The van der Waals surface area contributed by atoms with E-state index < -0.39 is 0 Å². The number of morpholine rings is 1. The number of rotatable bonds is 2. The zero-order valence-electron chi connectivity index (χ0n) is 11.5. The quantitative estimate of drug-likeness (QED) is 0.825. The van der Waals surface area contributed by atoms with Crippen molar-refractivity contribution in [2.24, 2.45) is 5.16 Å². The zero-order valence-corrected chi connectivity index (χ0v) is 11.5. The van der Waals surface area contributed by atoms with Crippen LogP contribution in [0.25, 0.3) is 0 Å². The first kappa shape index (κ1) is 13.1. The van der Waals surface area contributed by atoms with Crippen LogP contribution >= 0.6 is 0 Å². The number of benzene rings is 1. The minimum Gasteiger partial charge on any atom is -0.387 e. The van der Waals surface area contributed by atoms with Crippen molar-refractivity contribution in [1.29, 1.82) is 0 Å². The van der Waals surface area contributed by atoms with Crippen molar-refractivity contribution in [1.82, 2.24) is 4.90 Å². The number of nitrogens with zero attached hydrogens (tertiary/aromatic N) is 2. The van der Waals surface area contributed by atoms with Crippen LogP contribution in [0.4, 0.5) is 0 Å². The molecular weight excluding hydrogens is 256 g/mol. The van der Waals surface area contributed by atoms with Gasteiger partial charge in [-0.05, 0) is 12.5 Å². The number of hydrogen-bond acceptors (Lipinski definition) is 4. The van der Waals surface area contributed by atoms with E-state index in [1.165, 1.54) is 0 Å².